The minimum Gasteiger partial charge on any atom is -0.443 e. The van der Waals surface area contributed by atoms with Gasteiger partial charge in [0, 0.05) is 30.4 Å². The Morgan fingerprint density at radius 1 is 1.26 bits per heavy atom. The summed E-state index contributed by atoms with van der Waals surface area (Å²) >= 11 is 1.78. The molecule has 0 amide bonds. The van der Waals surface area contributed by atoms with Gasteiger partial charge in [-0.05, 0) is 45.2 Å². The molecule has 31 heavy (non-hydrogen) atoms. The highest BCUT2D eigenvalue weighted by molar-refractivity contribution is 7.09. The monoisotopic (exact) mass is 446 g/mol. The van der Waals surface area contributed by atoms with Crippen LogP contribution in [0.5, 0.6) is 0 Å². The first-order valence-corrected chi connectivity index (χ1v) is 12.4. The second-order valence-corrected chi connectivity index (χ2v) is 10.2. The Labute approximate surface area is 190 Å². The van der Waals surface area contributed by atoms with Crippen molar-refractivity contribution in [1.82, 2.24) is 25.5 Å². The molecule has 1 aliphatic heterocycles. The van der Waals surface area contributed by atoms with Crippen molar-refractivity contribution < 1.29 is 4.42 Å². The Balaban J connectivity index is 1.43. The molecule has 2 aromatic rings. The fourth-order valence-electron chi connectivity index (χ4n) is 3.62. The topological polar surface area (TPSA) is 78.6 Å². The quantitative estimate of drug-likeness (QED) is 0.472. The molecule has 0 bridgehead atoms. The number of hydrogen-bond acceptors (Lipinski definition) is 6. The zero-order chi connectivity index (χ0) is 22.3. The van der Waals surface area contributed by atoms with Gasteiger partial charge in [0.15, 0.2) is 5.96 Å². The smallest absolute Gasteiger partial charge is 0.216 e. The third-order valence-corrected chi connectivity index (χ3v) is 6.60. The number of nitrogens with one attached hydrogen (secondary N) is 2. The molecule has 3 rings (SSSR count). The summed E-state index contributed by atoms with van der Waals surface area (Å²) in [5, 5.41) is 10.3. The minimum absolute atomic E-state index is 0.0373. The van der Waals surface area contributed by atoms with Crippen LogP contribution in [0.2, 0.25) is 0 Å². The molecule has 1 fully saturated rings. The maximum atomic E-state index is 5.86. The molecule has 1 saturated heterocycles. The SMILES string of the molecule is CCNC(=NCc1ncc(C(C)(C)C)o1)NCC1CCN(Cc2csc(CC)n2)CC1. The molecule has 0 aromatic carbocycles. The van der Waals surface area contributed by atoms with Crippen LogP contribution in [-0.2, 0) is 24.9 Å². The highest BCUT2D eigenvalue weighted by atomic mass is 32.1. The standard InChI is InChI=1S/C23H38N6OS/c1-6-21-28-18(16-31-21)15-29-10-8-17(9-11-29)12-26-22(24-7-2)27-14-20-25-13-19(30-20)23(3,4)5/h13,16-17H,6-12,14-15H2,1-5H3,(H2,24,26,27). The number of aliphatic imine (C=N–C) groups is 1. The average molecular weight is 447 g/mol. The van der Waals surface area contributed by atoms with Crippen molar-refractivity contribution in [2.75, 3.05) is 26.2 Å². The summed E-state index contributed by atoms with van der Waals surface area (Å²) < 4.78 is 5.86. The molecule has 3 heterocycles. The Bertz CT molecular complexity index is 829. The summed E-state index contributed by atoms with van der Waals surface area (Å²) in [4.78, 5) is 16.3. The van der Waals surface area contributed by atoms with Crippen LogP contribution in [-0.4, -0.2) is 47.0 Å². The molecule has 2 N–H and O–H groups in total. The Kier molecular flexibility index (Phi) is 8.49. The van der Waals surface area contributed by atoms with E-state index >= 15 is 0 Å². The predicted octanol–water partition coefficient (Wildman–Crippen LogP) is 3.96. The second kappa shape index (κ2) is 11.1. The van der Waals surface area contributed by atoms with Crippen molar-refractivity contribution >= 4 is 17.3 Å². The van der Waals surface area contributed by atoms with Gasteiger partial charge in [0.1, 0.15) is 12.3 Å². The van der Waals surface area contributed by atoms with Crippen molar-refractivity contribution in [1.29, 1.82) is 0 Å². The number of rotatable bonds is 8. The van der Waals surface area contributed by atoms with E-state index in [1.165, 1.54) is 23.5 Å². The van der Waals surface area contributed by atoms with Gasteiger partial charge >= 0.3 is 0 Å². The molecule has 0 unspecified atom stereocenters. The highest BCUT2D eigenvalue weighted by Gasteiger charge is 2.21. The third-order valence-electron chi connectivity index (χ3n) is 5.56. The fraction of sp³-hybridized carbons (Fsp3) is 0.696. The molecule has 1 aliphatic rings. The van der Waals surface area contributed by atoms with Gasteiger partial charge in [0.25, 0.3) is 0 Å². The van der Waals surface area contributed by atoms with E-state index in [9.17, 15) is 0 Å². The van der Waals surface area contributed by atoms with Crippen LogP contribution in [0, 0.1) is 5.92 Å². The average Bonchev–Trinajstić information content (AvgIpc) is 3.40. The Morgan fingerprint density at radius 2 is 2.03 bits per heavy atom. The van der Waals surface area contributed by atoms with E-state index in [1.54, 1.807) is 11.3 Å². The normalized spacial score (nSPS) is 16.6. The molecule has 8 heteroatoms. The number of thiazole rings is 1. The van der Waals surface area contributed by atoms with Crippen LogP contribution in [0.25, 0.3) is 0 Å². The van der Waals surface area contributed by atoms with Crippen LogP contribution in [0.1, 0.15) is 69.8 Å². The number of nitrogens with zero attached hydrogens (tertiary/aromatic N) is 4. The molecule has 172 valence electrons. The number of aryl methyl sites for hydroxylation is 1. The first-order valence-electron chi connectivity index (χ1n) is 11.5. The summed E-state index contributed by atoms with van der Waals surface area (Å²) in [6.07, 6.45) is 5.24. The first kappa shape index (κ1) is 23.7. The zero-order valence-corrected chi connectivity index (χ0v) is 20.5. The maximum absolute atomic E-state index is 5.86. The number of aromatic nitrogens is 2. The Morgan fingerprint density at radius 3 is 2.65 bits per heavy atom. The fourth-order valence-corrected chi connectivity index (χ4v) is 4.36. The number of hydrogen-bond donors (Lipinski definition) is 2. The van der Waals surface area contributed by atoms with Gasteiger partial charge in [-0.15, -0.1) is 11.3 Å². The van der Waals surface area contributed by atoms with E-state index in [1.807, 2.05) is 6.20 Å². The summed E-state index contributed by atoms with van der Waals surface area (Å²) in [7, 11) is 0. The number of oxazole rings is 1. The molecule has 2 aromatic heterocycles. The van der Waals surface area contributed by atoms with Crippen molar-refractivity contribution in [2.24, 2.45) is 10.9 Å². The summed E-state index contributed by atoms with van der Waals surface area (Å²) in [5.41, 5.74) is 1.19. The lowest BCUT2D eigenvalue weighted by molar-refractivity contribution is 0.176. The van der Waals surface area contributed by atoms with Gasteiger partial charge < -0.3 is 15.1 Å². The van der Waals surface area contributed by atoms with Gasteiger partial charge in [-0.25, -0.2) is 15.0 Å². The molecular formula is C23H38N6OS. The molecule has 0 aliphatic carbocycles. The molecule has 0 saturated carbocycles. The minimum atomic E-state index is -0.0373. The molecule has 7 nitrogen and oxygen atoms in total. The van der Waals surface area contributed by atoms with Crippen LogP contribution in [0.3, 0.4) is 0 Å². The molecule has 0 atom stereocenters. The Hall–Kier alpha value is -1.93. The van der Waals surface area contributed by atoms with Gasteiger partial charge in [-0.1, -0.05) is 27.7 Å². The van der Waals surface area contributed by atoms with E-state index in [0.29, 0.717) is 18.4 Å². The van der Waals surface area contributed by atoms with Gasteiger partial charge in [0.2, 0.25) is 5.89 Å². The van der Waals surface area contributed by atoms with Gasteiger partial charge in [-0.2, -0.15) is 0 Å². The maximum Gasteiger partial charge on any atom is 0.216 e. The van der Waals surface area contributed by atoms with Crippen molar-refractivity contribution in [3.05, 3.63) is 33.9 Å². The summed E-state index contributed by atoms with van der Waals surface area (Å²) in [6, 6.07) is 0. The summed E-state index contributed by atoms with van der Waals surface area (Å²) in [5.74, 6) is 3.04. The van der Waals surface area contributed by atoms with Crippen LogP contribution < -0.4 is 10.6 Å². The lowest BCUT2D eigenvalue weighted by atomic mass is 9.94. The van der Waals surface area contributed by atoms with E-state index in [2.05, 4.69) is 65.5 Å². The van der Waals surface area contributed by atoms with Gasteiger partial charge in [-0.3, -0.25) is 4.90 Å². The number of piperidine rings is 1. The molecule has 0 spiro atoms. The van der Waals surface area contributed by atoms with Crippen LogP contribution >= 0.6 is 11.3 Å². The van der Waals surface area contributed by atoms with Crippen molar-refractivity contribution in [2.45, 2.75) is 72.4 Å². The number of guanidine groups is 1. The number of likely N-dealkylation sites (tertiary alicyclic amines) is 1. The zero-order valence-electron chi connectivity index (χ0n) is 19.7. The van der Waals surface area contributed by atoms with E-state index in [4.69, 9.17) is 9.40 Å². The first-order chi connectivity index (χ1) is 14.9. The van der Waals surface area contributed by atoms with E-state index in [0.717, 1.165) is 50.9 Å². The lowest BCUT2D eigenvalue weighted by Gasteiger charge is -2.31. The molecule has 0 radical (unpaired) electrons. The predicted molar refractivity (Wildman–Crippen MR) is 128 cm³/mol. The van der Waals surface area contributed by atoms with Crippen LogP contribution in [0.15, 0.2) is 21.0 Å². The summed E-state index contributed by atoms with van der Waals surface area (Å²) in [6.45, 7) is 16.1. The molecular weight excluding hydrogens is 408 g/mol. The van der Waals surface area contributed by atoms with Crippen LogP contribution in [0.4, 0.5) is 0 Å². The van der Waals surface area contributed by atoms with Gasteiger partial charge in [0.05, 0.1) is 16.9 Å². The lowest BCUT2D eigenvalue weighted by Crippen LogP contribution is -2.42. The van der Waals surface area contributed by atoms with Crippen molar-refractivity contribution in [3.63, 3.8) is 0 Å². The second-order valence-electron chi connectivity index (χ2n) is 9.25. The van der Waals surface area contributed by atoms with E-state index in [-0.39, 0.29) is 5.41 Å². The largest absolute Gasteiger partial charge is 0.443 e. The highest BCUT2D eigenvalue weighted by Crippen LogP contribution is 2.23. The van der Waals surface area contributed by atoms with Crippen molar-refractivity contribution in [3.8, 4) is 0 Å². The van der Waals surface area contributed by atoms with E-state index < -0.39 is 0 Å². The third kappa shape index (κ3) is 7.31.